The van der Waals surface area contributed by atoms with Gasteiger partial charge in [-0.1, -0.05) is 48.9 Å². The fourth-order valence-electron chi connectivity index (χ4n) is 5.92. The lowest BCUT2D eigenvalue weighted by Gasteiger charge is -2.37. The fourth-order valence-corrected chi connectivity index (χ4v) is 5.92. The van der Waals surface area contributed by atoms with E-state index >= 15 is 0 Å². The van der Waals surface area contributed by atoms with Gasteiger partial charge in [0.15, 0.2) is 0 Å². The number of aryl methyl sites for hydroxylation is 1. The average Bonchev–Trinajstić information content (AvgIpc) is 3.31. The summed E-state index contributed by atoms with van der Waals surface area (Å²) < 4.78 is 10.9. The Morgan fingerprint density at radius 3 is 2.33 bits per heavy atom. The summed E-state index contributed by atoms with van der Waals surface area (Å²) >= 11 is 0. The minimum absolute atomic E-state index is 0.115. The number of fused-ring (bicyclic) bond motifs is 2. The predicted octanol–water partition coefficient (Wildman–Crippen LogP) is 4.45. The lowest BCUT2D eigenvalue weighted by molar-refractivity contribution is -0.149. The first kappa shape index (κ1) is 24.3. The van der Waals surface area contributed by atoms with Crippen molar-refractivity contribution >= 4 is 23.7 Å². The zero-order valence-electron chi connectivity index (χ0n) is 20.9. The number of rotatable bonds is 5. The molecule has 2 aromatic carbocycles. The number of nitrogens with zero attached hydrogens (tertiary/aromatic N) is 2. The van der Waals surface area contributed by atoms with E-state index in [2.05, 4.69) is 12.1 Å². The second kappa shape index (κ2) is 10.7. The molecule has 7 heteroatoms. The number of methoxy groups -OCH3 is 1. The molecule has 0 N–H and O–H groups in total. The second-order valence-corrected chi connectivity index (χ2v) is 10.1. The Balaban J connectivity index is 1.42. The van der Waals surface area contributed by atoms with Crippen LogP contribution in [0.2, 0.25) is 0 Å². The molecule has 1 heterocycles. The van der Waals surface area contributed by atoms with Gasteiger partial charge in [-0.05, 0) is 67.7 Å². The maximum absolute atomic E-state index is 14.2. The molecule has 2 aliphatic carbocycles. The third kappa shape index (κ3) is 4.97. The minimum Gasteiger partial charge on any atom is -0.468 e. The van der Waals surface area contributed by atoms with E-state index < -0.39 is 18.1 Å². The second-order valence-electron chi connectivity index (χ2n) is 10.1. The predicted molar refractivity (Wildman–Crippen MR) is 136 cm³/mol. The first-order chi connectivity index (χ1) is 17.5. The van der Waals surface area contributed by atoms with E-state index in [1.54, 1.807) is 4.90 Å². The zero-order valence-corrected chi connectivity index (χ0v) is 20.9. The molecule has 0 radical (unpaired) electrons. The SMILES string of the molecule is COC(=O)CN(C(=O)[C@H]1Cc2ccccc2N1C(=O)OC1CCCCC1)C1CCc2ccccc2C1. The van der Waals surface area contributed by atoms with Crippen LogP contribution in [0.15, 0.2) is 48.5 Å². The Morgan fingerprint density at radius 1 is 0.889 bits per heavy atom. The molecule has 0 spiro atoms. The summed E-state index contributed by atoms with van der Waals surface area (Å²) in [7, 11) is 1.33. The van der Waals surface area contributed by atoms with Crippen LogP contribution in [0.4, 0.5) is 10.5 Å². The summed E-state index contributed by atoms with van der Waals surface area (Å²) in [5, 5.41) is 0. The van der Waals surface area contributed by atoms with Crippen LogP contribution in [-0.2, 0) is 38.3 Å². The molecule has 1 aliphatic heterocycles. The van der Waals surface area contributed by atoms with Gasteiger partial charge in [0, 0.05) is 12.5 Å². The van der Waals surface area contributed by atoms with E-state index in [9.17, 15) is 14.4 Å². The summed E-state index contributed by atoms with van der Waals surface area (Å²) in [4.78, 5) is 43.2. The Labute approximate surface area is 212 Å². The number of esters is 1. The number of anilines is 1. The normalized spacial score (nSPS) is 21.3. The van der Waals surface area contributed by atoms with Gasteiger partial charge < -0.3 is 14.4 Å². The topological polar surface area (TPSA) is 76.2 Å². The van der Waals surface area contributed by atoms with Gasteiger partial charge in [0.1, 0.15) is 18.7 Å². The van der Waals surface area contributed by atoms with Crippen molar-refractivity contribution in [2.45, 2.75) is 76.0 Å². The van der Waals surface area contributed by atoms with E-state index in [-0.39, 0.29) is 24.6 Å². The highest BCUT2D eigenvalue weighted by molar-refractivity contribution is 6.01. The van der Waals surface area contributed by atoms with Gasteiger partial charge in [0.2, 0.25) is 5.91 Å². The summed E-state index contributed by atoms with van der Waals surface area (Å²) in [6.45, 7) is -0.138. The van der Waals surface area contributed by atoms with Gasteiger partial charge in [-0.2, -0.15) is 0 Å². The van der Waals surface area contributed by atoms with Crippen molar-refractivity contribution in [2.24, 2.45) is 0 Å². The molecular weight excluding hydrogens is 456 g/mol. The van der Waals surface area contributed by atoms with Crippen LogP contribution in [0, 0.1) is 0 Å². The van der Waals surface area contributed by atoms with Crippen LogP contribution in [-0.4, -0.2) is 54.7 Å². The van der Waals surface area contributed by atoms with Crippen LogP contribution < -0.4 is 4.90 Å². The van der Waals surface area contributed by atoms with E-state index in [1.165, 1.54) is 23.1 Å². The number of para-hydroxylation sites is 1. The monoisotopic (exact) mass is 490 g/mol. The van der Waals surface area contributed by atoms with Crippen molar-refractivity contribution in [2.75, 3.05) is 18.6 Å². The van der Waals surface area contributed by atoms with Gasteiger partial charge in [-0.3, -0.25) is 14.5 Å². The Hall–Kier alpha value is -3.35. The lowest BCUT2D eigenvalue weighted by Crippen LogP contribution is -2.55. The quantitative estimate of drug-likeness (QED) is 0.579. The molecule has 7 nitrogen and oxygen atoms in total. The molecule has 0 bridgehead atoms. The third-order valence-corrected chi connectivity index (χ3v) is 7.85. The van der Waals surface area contributed by atoms with Crippen molar-refractivity contribution in [3.05, 3.63) is 65.2 Å². The molecule has 1 unspecified atom stereocenters. The van der Waals surface area contributed by atoms with Gasteiger partial charge >= 0.3 is 12.1 Å². The molecule has 3 aliphatic rings. The average molecular weight is 491 g/mol. The summed E-state index contributed by atoms with van der Waals surface area (Å²) in [6.07, 6.45) is 7.05. The van der Waals surface area contributed by atoms with Crippen molar-refractivity contribution in [3.63, 3.8) is 0 Å². The highest BCUT2D eigenvalue weighted by Crippen LogP contribution is 2.35. The Kier molecular flexibility index (Phi) is 7.25. The van der Waals surface area contributed by atoms with Crippen LogP contribution in [0.25, 0.3) is 0 Å². The molecule has 1 saturated carbocycles. The molecule has 190 valence electrons. The molecule has 0 aromatic heterocycles. The molecular formula is C29H34N2O5. The van der Waals surface area contributed by atoms with Crippen LogP contribution in [0.5, 0.6) is 0 Å². The van der Waals surface area contributed by atoms with Crippen LogP contribution in [0.3, 0.4) is 0 Å². The number of benzene rings is 2. The standard InChI is InChI=1S/C29H34N2O5/c1-35-27(32)19-30(23-16-15-20-9-5-6-10-21(20)17-23)28(33)26-18-22-11-7-8-14-25(22)31(26)29(34)36-24-12-3-2-4-13-24/h5-11,14,23-24,26H,2-4,12-13,15-19H2,1H3/t23?,26-/m1/s1. The zero-order chi connectivity index (χ0) is 25.1. The molecule has 2 aromatic rings. The lowest BCUT2D eigenvalue weighted by atomic mass is 9.87. The van der Waals surface area contributed by atoms with Gasteiger partial charge in [-0.25, -0.2) is 4.79 Å². The fraction of sp³-hybridized carbons (Fsp3) is 0.483. The molecule has 1 fully saturated rings. The van der Waals surface area contributed by atoms with E-state index in [1.807, 2.05) is 36.4 Å². The molecule has 36 heavy (non-hydrogen) atoms. The maximum atomic E-state index is 14.2. The first-order valence-electron chi connectivity index (χ1n) is 13.1. The first-order valence-corrected chi connectivity index (χ1v) is 13.1. The number of ether oxygens (including phenoxy) is 2. The van der Waals surface area contributed by atoms with Gasteiger partial charge in [0.25, 0.3) is 0 Å². The smallest absolute Gasteiger partial charge is 0.415 e. The number of hydrogen-bond acceptors (Lipinski definition) is 5. The van der Waals surface area contributed by atoms with Crippen LogP contribution in [0.1, 0.15) is 55.2 Å². The molecule has 2 atom stereocenters. The van der Waals surface area contributed by atoms with Crippen molar-refractivity contribution < 1.29 is 23.9 Å². The third-order valence-electron chi connectivity index (χ3n) is 7.85. The Bertz CT molecular complexity index is 1130. The van der Waals surface area contributed by atoms with E-state index in [4.69, 9.17) is 9.47 Å². The van der Waals surface area contributed by atoms with E-state index in [0.717, 1.165) is 50.5 Å². The van der Waals surface area contributed by atoms with Gasteiger partial charge in [-0.15, -0.1) is 0 Å². The maximum Gasteiger partial charge on any atom is 0.415 e. The Morgan fingerprint density at radius 2 is 1.58 bits per heavy atom. The minimum atomic E-state index is -0.750. The highest BCUT2D eigenvalue weighted by atomic mass is 16.6. The summed E-state index contributed by atoms with van der Waals surface area (Å²) in [5.74, 6) is -0.698. The van der Waals surface area contributed by atoms with Gasteiger partial charge in [0.05, 0.1) is 12.8 Å². The van der Waals surface area contributed by atoms with Crippen molar-refractivity contribution in [1.82, 2.24) is 4.90 Å². The summed E-state index contributed by atoms with van der Waals surface area (Å²) in [5.41, 5.74) is 4.12. The number of carbonyl (C=O) groups excluding carboxylic acids is 3. The summed E-state index contributed by atoms with van der Waals surface area (Å²) in [6, 6.07) is 14.9. The molecule has 5 rings (SSSR count). The molecule has 2 amide bonds. The highest BCUT2D eigenvalue weighted by Gasteiger charge is 2.44. The van der Waals surface area contributed by atoms with E-state index in [0.29, 0.717) is 18.5 Å². The number of amides is 2. The van der Waals surface area contributed by atoms with Crippen molar-refractivity contribution in [1.29, 1.82) is 0 Å². The molecule has 0 saturated heterocycles. The number of carbonyl (C=O) groups is 3. The number of hydrogen-bond donors (Lipinski definition) is 0. The van der Waals surface area contributed by atoms with Crippen molar-refractivity contribution in [3.8, 4) is 0 Å². The van der Waals surface area contributed by atoms with Crippen LogP contribution >= 0.6 is 0 Å². The largest absolute Gasteiger partial charge is 0.468 e.